The van der Waals surface area contributed by atoms with Crippen molar-refractivity contribution in [2.45, 2.75) is 19.1 Å². The number of ketones is 1. The number of rotatable bonds is 6. The number of carbonyl (C=O) groups excluding carboxylic acids is 2. The molecule has 1 fully saturated rings. The van der Waals surface area contributed by atoms with Gasteiger partial charge in [-0.3, -0.25) is 9.59 Å². The molecule has 158 valence electrons. The molecule has 0 saturated carbocycles. The lowest BCUT2D eigenvalue weighted by molar-refractivity contribution is -0.140. The minimum atomic E-state index is -0.948. The van der Waals surface area contributed by atoms with Gasteiger partial charge in [0, 0.05) is 28.8 Å². The van der Waals surface area contributed by atoms with Gasteiger partial charge >= 0.3 is 0 Å². The maximum absolute atomic E-state index is 12.9. The zero-order valence-electron chi connectivity index (χ0n) is 16.8. The number of aliphatic hydroxyl groups excluding tert-OH is 2. The Morgan fingerprint density at radius 2 is 1.80 bits per heavy atom. The molecular weight excluding hydrogens is 410 g/mol. The fraction of sp³-hybridized carbons (Fsp3) is 0.273. The standard InChI is InChI=1S/C22H22ClNO6/c1-12(25)11-24-19(16-9-8-15(29-2)10-17(16)30-3)18(21(27)22(24)28)20(26)13-4-6-14(23)7-5-13/h4-10,12,19,25-26H,11H2,1-3H3/t12-,19-/m1/s1. The van der Waals surface area contributed by atoms with Crippen LogP contribution in [0.4, 0.5) is 0 Å². The summed E-state index contributed by atoms with van der Waals surface area (Å²) >= 11 is 5.92. The van der Waals surface area contributed by atoms with E-state index in [1.54, 1.807) is 42.5 Å². The van der Waals surface area contributed by atoms with Crippen LogP contribution >= 0.6 is 11.6 Å². The molecule has 0 spiro atoms. The average molecular weight is 432 g/mol. The third-order valence-corrected chi connectivity index (χ3v) is 5.11. The summed E-state index contributed by atoms with van der Waals surface area (Å²) in [6.45, 7) is 1.42. The molecule has 7 nitrogen and oxygen atoms in total. The molecule has 2 N–H and O–H groups in total. The van der Waals surface area contributed by atoms with Crippen LogP contribution < -0.4 is 9.47 Å². The SMILES string of the molecule is COc1ccc([C@@H]2C(=C(O)c3ccc(Cl)cc3)C(=O)C(=O)N2C[C@@H](C)O)c(OC)c1. The van der Waals surface area contributed by atoms with Crippen LogP contribution in [0.15, 0.2) is 48.0 Å². The Kier molecular flexibility index (Phi) is 6.34. The summed E-state index contributed by atoms with van der Waals surface area (Å²) in [5.74, 6) is -1.08. The van der Waals surface area contributed by atoms with Crippen molar-refractivity contribution in [3.63, 3.8) is 0 Å². The second-order valence-electron chi connectivity index (χ2n) is 6.92. The molecule has 3 rings (SSSR count). The van der Waals surface area contributed by atoms with Gasteiger partial charge in [0.25, 0.3) is 11.7 Å². The summed E-state index contributed by atoms with van der Waals surface area (Å²) in [4.78, 5) is 26.9. The Hall–Kier alpha value is -3.03. The number of β-amino-alcohol motifs (C(OH)–C–C–N with tert-alkyl or cyclic N) is 1. The minimum Gasteiger partial charge on any atom is -0.507 e. The number of hydrogen-bond donors (Lipinski definition) is 2. The molecule has 2 aromatic rings. The van der Waals surface area contributed by atoms with Crippen molar-refractivity contribution in [3.8, 4) is 11.5 Å². The molecule has 1 aliphatic heterocycles. The largest absolute Gasteiger partial charge is 0.507 e. The van der Waals surface area contributed by atoms with E-state index < -0.39 is 23.8 Å². The number of Topliss-reactive ketones (excluding diaryl/α,β-unsaturated/α-hetero) is 1. The summed E-state index contributed by atoms with van der Waals surface area (Å²) in [7, 11) is 2.97. The number of halogens is 1. The summed E-state index contributed by atoms with van der Waals surface area (Å²) in [5.41, 5.74) is 0.729. The van der Waals surface area contributed by atoms with Gasteiger partial charge in [0.15, 0.2) is 0 Å². The molecule has 2 aromatic carbocycles. The Labute approximate surface area is 179 Å². The summed E-state index contributed by atoms with van der Waals surface area (Å²) in [6, 6.07) is 10.3. The molecule has 1 aliphatic rings. The second kappa shape index (κ2) is 8.77. The van der Waals surface area contributed by atoms with Crippen molar-refractivity contribution >= 4 is 29.1 Å². The number of likely N-dealkylation sites (tertiary alicyclic amines) is 1. The molecule has 1 heterocycles. The van der Waals surface area contributed by atoms with Crippen LogP contribution in [-0.4, -0.2) is 53.7 Å². The molecule has 0 unspecified atom stereocenters. The molecule has 8 heteroatoms. The van der Waals surface area contributed by atoms with Gasteiger partial charge in [-0.25, -0.2) is 0 Å². The fourth-order valence-electron chi connectivity index (χ4n) is 3.48. The number of hydrogen-bond acceptors (Lipinski definition) is 6. The van der Waals surface area contributed by atoms with Crippen LogP contribution in [0.25, 0.3) is 5.76 Å². The summed E-state index contributed by atoms with van der Waals surface area (Å²) in [6.07, 6.45) is -0.884. The Morgan fingerprint density at radius 1 is 1.13 bits per heavy atom. The highest BCUT2D eigenvalue weighted by Gasteiger charge is 2.47. The van der Waals surface area contributed by atoms with Crippen LogP contribution in [0.3, 0.4) is 0 Å². The molecule has 0 aliphatic carbocycles. The van der Waals surface area contributed by atoms with Crippen molar-refractivity contribution in [1.82, 2.24) is 4.90 Å². The molecule has 0 bridgehead atoms. The Bertz CT molecular complexity index is 999. The topological polar surface area (TPSA) is 96.3 Å². The smallest absolute Gasteiger partial charge is 0.295 e. The van der Waals surface area contributed by atoms with Gasteiger partial charge in [0.1, 0.15) is 17.3 Å². The highest BCUT2D eigenvalue weighted by atomic mass is 35.5. The minimum absolute atomic E-state index is 0.0913. The van der Waals surface area contributed by atoms with E-state index in [1.165, 1.54) is 26.0 Å². The number of methoxy groups -OCH3 is 2. The fourth-order valence-corrected chi connectivity index (χ4v) is 3.61. The van der Waals surface area contributed by atoms with Crippen molar-refractivity contribution in [3.05, 3.63) is 64.2 Å². The maximum Gasteiger partial charge on any atom is 0.295 e. The number of benzene rings is 2. The lowest BCUT2D eigenvalue weighted by Crippen LogP contribution is -2.35. The summed E-state index contributed by atoms with van der Waals surface area (Å²) < 4.78 is 10.7. The lowest BCUT2D eigenvalue weighted by Gasteiger charge is -2.27. The van der Waals surface area contributed by atoms with Crippen LogP contribution in [0, 0.1) is 0 Å². The maximum atomic E-state index is 12.9. The van der Waals surface area contributed by atoms with Gasteiger partial charge < -0.3 is 24.6 Å². The first-order valence-corrected chi connectivity index (χ1v) is 9.60. The lowest BCUT2D eigenvalue weighted by atomic mass is 9.94. The number of ether oxygens (including phenoxy) is 2. The van der Waals surface area contributed by atoms with Gasteiger partial charge in [-0.1, -0.05) is 11.6 Å². The summed E-state index contributed by atoms with van der Waals surface area (Å²) in [5, 5.41) is 21.3. The van der Waals surface area contributed by atoms with E-state index in [9.17, 15) is 19.8 Å². The van der Waals surface area contributed by atoms with E-state index >= 15 is 0 Å². The number of aliphatic hydroxyl groups is 2. The van der Waals surface area contributed by atoms with Gasteiger partial charge in [-0.05, 0) is 43.3 Å². The first-order valence-electron chi connectivity index (χ1n) is 9.22. The molecule has 1 amide bonds. The number of nitrogens with zero attached hydrogens (tertiary/aromatic N) is 1. The molecule has 0 aromatic heterocycles. The van der Waals surface area contributed by atoms with Gasteiger partial charge in [-0.2, -0.15) is 0 Å². The van der Waals surface area contributed by atoms with Crippen LogP contribution in [0.1, 0.15) is 24.1 Å². The highest BCUT2D eigenvalue weighted by molar-refractivity contribution is 6.46. The Balaban J connectivity index is 2.24. The van der Waals surface area contributed by atoms with Crippen molar-refractivity contribution in [2.75, 3.05) is 20.8 Å². The van der Waals surface area contributed by atoms with E-state index in [1.807, 2.05) is 0 Å². The third-order valence-electron chi connectivity index (χ3n) is 4.85. The van der Waals surface area contributed by atoms with E-state index in [0.717, 1.165) is 0 Å². The normalized spacial score (nSPS) is 19.1. The van der Waals surface area contributed by atoms with Crippen molar-refractivity contribution in [1.29, 1.82) is 0 Å². The van der Waals surface area contributed by atoms with Crippen LogP contribution in [0.2, 0.25) is 5.02 Å². The van der Waals surface area contributed by atoms with E-state index in [2.05, 4.69) is 0 Å². The second-order valence-corrected chi connectivity index (χ2v) is 7.35. The first-order chi connectivity index (χ1) is 14.3. The van der Waals surface area contributed by atoms with E-state index in [-0.39, 0.29) is 17.9 Å². The molecular formula is C22H22ClNO6. The Morgan fingerprint density at radius 3 is 2.37 bits per heavy atom. The van der Waals surface area contributed by atoms with Crippen molar-refractivity contribution < 1.29 is 29.3 Å². The zero-order chi connectivity index (χ0) is 22.0. The van der Waals surface area contributed by atoms with Crippen molar-refractivity contribution in [2.24, 2.45) is 0 Å². The molecule has 2 atom stereocenters. The zero-order valence-corrected chi connectivity index (χ0v) is 17.5. The van der Waals surface area contributed by atoms with E-state index in [0.29, 0.717) is 27.6 Å². The molecule has 1 saturated heterocycles. The highest BCUT2D eigenvalue weighted by Crippen LogP contribution is 2.43. The van der Waals surface area contributed by atoms with Gasteiger partial charge in [-0.15, -0.1) is 0 Å². The monoisotopic (exact) mass is 431 g/mol. The van der Waals surface area contributed by atoms with Gasteiger partial charge in [0.2, 0.25) is 0 Å². The first kappa shape index (κ1) is 21.7. The average Bonchev–Trinajstić information content (AvgIpc) is 2.97. The van der Waals surface area contributed by atoms with Gasteiger partial charge in [0.05, 0.1) is 31.9 Å². The quantitative estimate of drug-likeness (QED) is 0.414. The number of carbonyl (C=O) groups is 2. The molecule has 30 heavy (non-hydrogen) atoms. The van der Waals surface area contributed by atoms with Crippen LogP contribution in [-0.2, 0) is 9.59 Å². The predicted molar refractivity (Wildman–Crippen MR) is 112 cm³/mol. The molecule has 0 radical (unpaired) electrons. The number of amides is 1. The third kappa shape index (κ3) is 3.99. The predicted octanol–water partition coefficient (Wildman–Crippen LogP) is 3.16. The van der Waals surface area contributed by atoms with E-state index in [4.69, 9.17) is 21.1 Å². The van der Waals surface area contributed by atoms with Crippen LogP contribution in [0.5, 0.6) is 11.5 Å².